The van der Waals surface area contributed by atoms with Crippen molar-refractivity contribution in [2.45, 2.75) is 19.9 Å². The van der Waals surface area contributed by atoms with Crippen molar-refractivity contribution in [1.82, 2.24) is 14.9 Å². The third kappa shape index (κ3) is 1.81. The molecule has 0 saturated carbocycles. The molecule has 6 nitrogen and oxygen atoms in total. The molecule has 0 spiro atoms. The summed E-state index contributed by atoms with van der Waals surface area (Å²) in [7, 11) is 0. The summed E-state index contributed by atoms with van der Waals surface area (Å²) in [4.78, 5) is 10.6. The number of nitrogens with zero attached hydrogens (tertiary/aromatic N) is 3. The molecule has 6 heteroatoms. The van der Waals surface area contributed by atoms with Gasteiger partial charge in [0.15, 0.2) is 0 Å². The van der Waals surface area contributed by atoms with Crippen LogP contribution in [0.1, 0.15) is 23.9 Å². The Morgan fingerprint density at radius 2 is 2.44 bits per heavy atom. The lowest BCUT2D eigenvalue weighted by molar-refractivity contribution is 0.0652. The topological polar surface area (TPSA) is 81.2 Å². The van der Waals surface area contributed by atoms with Crippen LogP contribution in [0.2, 0.25) is 0 Å². The van der Waals surface area contributed by atoms with Crippen LogP contribution in [0.25, 0.3) is 11.4 Å². The van der Waals surface area contributed by atoms with Gasteiger partial charge in [0.25, 0.3) is 0 Å². The molecule has 0 amide bonds. The molecule has 2 heterocycles. The first-order chi connectivity index (χ1) is 7.72. The molecule has 84 valence electrons. The number of aromatic carboxylic acids is 1. The maximum absolute atomic E-state index is 10.6. The molecular formula is C10H11N3O3. The Hall–Kier alpha value is -2.11. The smallest absolute Gasteiger partial charge is 0.374 e. The van der Waals surface area contributed by atoms with Crippen LogP contribution in [0.4, 0.5) is 0 Å². The lowest BCUT2D eigenvalue weighted by Crippen LogP contribution is -2.01. The molecule has 0 radical (unpaired) electrons. The zero-order chi connectivity index (χ0) is 11.5. The van der Waals surface area contributed by atoms with Gasteiger partial charge in [-0.3, -0.25) is 4.68 Å². The number of carbonyl (C=O) groups is 1. The average molecular weight is 221 g/mol. The van der Waals surface area contributed by atoms with E-state index in [1.807, 2.05) is 6.92 Å². The van der Waals surface area contributed by atoms with Crippen molar-refractivity contribution < 1.29 is 14.4 Å². The summed E-state index contributed by atoms with van der Waals surface area (Å²) in [6, 6.07) is 3.17. The summed E-state index contributed by atoms with van der Waals surface area (Å²) in [5.41, 5.74) is 1.25. The monoisotopic (exact) mass is 221 g/mol. The van der Waals surface area contributed by atoms with Gasteiger partial charge >= 0.3 is 5.97 Å². The Balaban J connectivity index is 2.34. The first-order valence-corrected chi connectivity index (χ1v) is 4.94. The summed E-state index contributed by atoms with van der Waals surface area (Å²) >= 11 is 0. The van der Waals surface area contributed by atoms with Crippen molar-refractivity contribution in [2.75, 3.05) is 0 Å². The Labute approximate surface area is 91.5 Å². The van der Waals surface area contributed by atoms with E-state index in [2.05, 4.69) is 10.3 Å². The van der Waals surface area contributed by atoms with Gasteiger partial charge in [-0.05, 0) is 12.5 Å². The van der Waals surface area contributed by atoms with Crippen LogP contribution < -0.4 is 0 Å². The fourth-order valence-electron chi connectivity index (χ4n) is 1.44. The van der Waals surface area contributed by atoms with Crippen LogP contribution >= 0.6 is 0 Å². The Bertz CT molecular complexity index is 501. The van der Waals surface area contributed by atoms with Gasteiger partial charge in [0, 0.05) is 18.8 Å². The van der Waals surface area contributed by atoms with Gasteiger partial charge in [0.05, 0.1) is 5.69 Å². The fraction of sp³-hybridized carbons (Fsp3) is 0.300. The molecular weight excluding hydrogens is 210 g/mol. The SMILES string of the molecule is CCCn1nccc1-c1cc(C(=O)O)on1. The van der Waals surface area contributed by atoms with Crippen LogP contribution in [-0.4, -0.2) is 26.0 Å². The first kappa shape index (κ1) is 10.4. The summed E-state index contributed by atoms with van der Waals surface area (Å²) in [6.07, 6.45) is 2.60. The molecule has 16 heavy (non-hydrogen) atoms. The van der Waals surface area contributed by atoms with Crippen LogP contribution in [0.5, 0.6) is 0 Å². The lowest BCUT2D eigenvalue weighted by Gasteiger charge is -2.01. The van der Waals surface area contributed by atoms with Crippen molar-refractivity contribution >= 4 is 5.97 Å². The second-order valence-electron chi connectivity index (χ2n) is 3.32. The van der Waals surface area contributed by atoms with E-state index >= 15 is 0 Å². The molecule has 0 atom stereocenters. The quantitative estimate of drug-likeness (QED) is 0.848. The summed E-state index contributed by atoms with van der Waals surface area (Å²) in [5.74, 6) is -1.29. The second-order valence-corrected chi connectivity index (χ2v) is 3.32. The highest BCUT2D eigenvalue weighted by atomic mass is 16.5. The highest BCUT2D eigenvalue weighted by Gasteiger charge is 2.14. The molecule has 0 unspecified atom stereocenters. The van der Waals surface area contributed by atoms with E-state index in [0.29, 0.717) is 5.69 Å². The summed E-state index contributed by atoms with van der Waals surface area (Å²) in [5, 5.41) is 16.5. The normalized spacial score (nSPS) is 10.6. The van der Waals surface area contributed by atoms with E-state index in [1.54, 1.807) is 16.9 Å². The molecule has 2 aromatic rings. The Kier molecular flexibility index (Phi) is 2.72. The minimum Gasteiger partial charge on any atom is -0.475 e. The van der Waals surface area contributed by atoms with Crippen molar-refractivity contribution in [3.63, 3.8) is 0 Å². The van der Waals surface area contributed by atoms with Crippen LogP contribution in [0.3, 0.4) is 0 Å². The third-order valence-electron chi connectivity index (χ3n) is 2.14. The lowest BCUT2D eigenvalue weighted by atomic mass is 10.3. The number of aromatic nitrogens is 3. The maximum Gasteiger partial charge on any atom is 0.374 e. The van der Waals surface area contributed by atoms with Gasteiger partial charge in [0.1, 0.15) is 5.69 Å². The molecule has 0 fully saturated rings. The number of aryl methyl sites for hydroxylation is 1. The van der Waals surface area contributed by atoms with Gasteiger partial charge in [-0.1, -0.05) is 12.1 Å². The first-order valence-electron chi connectivity index (χ1n) is 4.94. The highest BCUT2D eigenvalue weighted by Crippen LogP contribution is 2.18. The standard InChI is InChI=1S/C10H11N3O3/c1-2-5-13-8(3-4-11-13)7-6-9(10(14)15)16-12-7/h3-4,6H,2,5H2,1H3,(H,14,15). The molecule has 2 aromatic heterocycles. The van der Waals surface area contributed by atoms with Crippen molar-refractivity contribution in [2.24, 2.45) is 0 Å². The average Bonchev–Trinajstić information content (AvgIpc) is 2.84. The van der Waals surface area contributed by atoms with Gasteiger partial charge in [-0.2, -0.15) is 5.10 Å². The molecule has 1 N–H and O–H groups in total. The van der Waals surface area contributed by atoms with Crippen molar-refractivity contribution in [3.05, 3.63) is 24.1 Å². The van der Waals surface area contributed by atoms with Gasteiger partial charge in [-0.15, -0.1) is 0 Å². The summed E-state index contributed by atoms with van der Waals surface area (Å²) in [6.45, 7) is 2.80. The molecule has 0 aromatic carbocycles. The zero-order valence-corrected chi connectivity index (χ0v) is 8.75. The van der Waals surface area contributed by atoms with E-state index in [0.717, 1.165) is 18.7 Å². The van der Waals surface area contributed by atoms with Crippen molar-refractivity contribution in [1.29, 1.82) is 0 Å². The number of carboxylic acid groups (broad SMARTS) is 1. The van der Waals surface area contributed by atoms with Crippen molar-refractivity contribution in [3.8, 4) is 11.4 Å². The number of hydrogen-bond acceptors (Lipinski definition) is 4. The van der Waals surface area contributed by atoms with Crippen LogP contribution in [0.15, 0.2) is 22.9 Å². The van der Waals surface area contributed by atoms with E-state index in [4.69, 9.17) is 9.63 Å². The van der Waals surface area contributed by atoms with Gasteiger partial charge < -0.3 is 9.63 Å². The van der Waals surface area contributed by atoms with Gasteiger partial charge in [-0.25, -0.2) is 4.79 Å². The van der Waals surface area contributed by atoms with Crippen LogP contribution in [0, 0.1) is 0 Å². The number of rotatable bonds is 4. The number of carboxylic acids is 1. The van der Waals surface area contributed by atoms with E-state index in [-0.39, 0.29) is 5.76 Å². The van der Waals surface area contributed by atoms with E-state index in [9.17, 15) is 4.79 Å². The Morgan fingerprint density at radius 1 is 1.62 bits per heavy atom. The van der Waals surface area contributed by atoms with Gasteiger partial charge in [0.2, 0.25) is 5.76 Å². The highest BCUT2D eigenvalue weighted by molar-refractivity contribution is 5.85. The second kappa shape index (κ2) is 4.18. The number of hydrogen-bond donors (Lipinski definition) is 1. The Morgan fingerprint density at radius 3 is 3.06 bits per heavy atom. The fourth-order valence-corrected chi connectivity index (χ4v) is 1.44. The molecule has 0 aliphatic carbocycles. The zero-order valence-electron chi connectivity index (χ0n) is 8.75. The van der Waals surface area contributed by atoms with E-state index < -0.39 is 5.97 Å². The summed E-state index contributed by atoms with van der Waals surface area (Å²) < 4.78 is 6.46. The predicted octanol–water partition coefficient (Wildman–Crippen LogP) is 1.65. The molecule has 0 saturated heterocycles. The maximum atomic E-state index is 10.6. The molecule has 0 aliphatic rings. The minimum atomic E-state index is -1.12. The molecule has 0 bridgehead atoms. The van der Waals surface area contributed by atoms with Crippen LogP contribution in [-0.2, 0) is 6.54 Å². The van der Waals surface area contributed by atoms with E-state index in [1.165, 1.54) is 6.07 Å². The largest absolute Gasteiger partial charge is 0.475 e. The molecule has 0 aliphatic heterocycles. The molecule has 2 rings (SSSR count). The third-order valence-corrected chi connectivity index (χ3v) is 2.14. The predicted molar refractivity (Wildman–Crippen MR) is 55.0 cm³/mol. The minimum absolute atomic E-state index is 0.167.